The number of thiazole rings is 2. The molecule has 0 bridgehead atoms. The van der Waals surface area contributed by atoms with Crippen LogP contribution in [-0.4, -0.2) is 21.4 Å². The summed E-state index contributed by atoms with van der Waals surface area (Å²) in [5.74, 6) is 0. The van der Waals surface area contributed by atoms with Crippen molar-refractivity contribution < 1.29 is 0 Å². The molecule has 6 heteroatoms. The number of likely N-dealkylation sites (N-methyl/N-ethyl adjacent to an activating group) is 1. The van der Waals surface area contributed by atoms with E-state index in [1.807, 2.05) is 30.3 Å². The zero-order valence-electron chi connectivity index (χ0n) is 9.33. The minimum atomic E-state index is 0.298. The maximum Gasteiger partial charge on any atom is 0.193 e. The van der Waals surface area contributed by atoms with E-state index in [0.717, 1.165) is 17.1 Å². The van der Waals surface area contributed by atoms with Gasteiger partial charge in [-0.05, 0) is 7.05 Å². The number of hydrogen-bond acceptors (Lipinski definition) is 5. The highest BCUT2D eigenvalue weighted by molar-refractivity contribution is 7.15. The fraction of sp³-hybridized carbons (Fsp3) is 0.273. The zero-order valence-corrected chi connectivity index (χ0v) is 11.0. The zero-order chi connectivity index (χ0) is 11.7. The van der Waals surface area contributed by atoms with Crippen LogP contribution in [0.2, 0.25) is 0 Å². The van der Waals surface area contributed by atoms with E-state index < -0.39 is 0 Å². The van der Waals surface area contributed by atoms with Crippen molar-refractivity contribution in [3.05, 3.63) is 40.1 Å². The molecule has 88 valence electrons. The minimum absolute atomic E-state index is 0.298. The predicted octanol–water partition coefficient (Wildman–Crippen LogP) is 2.36. The number of nitrogens with one attached hydrogen (secondary N) is 1. The van der Waals surface area contributed by atoms with Gasteiger partial charge in [-0.2, -0.15) is 0 Å². The van der Waals surface area contributed by atoms with Crippen LogP contribution in [0.3, 0.4) is 0 Å². The normalized spacial score (nSPS) is 13.2. The van der Waals surface area contributed by atoms with Gasteiger partial charge in [-0.3, -0.25) is 9.38 Å². The predicted molar refractivity (Wildman–Crippen MR) is 70.7 cm³/mol. The van der Waals surface area contributed by atoms with Crippen LogP contribution in [-0.2, 0) is 6.42 Å². The molecule has 0 saturated heterocycles. The van der Waals surface area contributed by atoms with Gasteiger partial charge in [-0.25, -0.2) is 4.98 Å². The van der Waals surface area contributed by atoms with Crippen LogP contribution in [0.5, 0.6) is 0 Å². The van der Waals surface area contributed by atoms with Gasteiger partial charge in [0.25, 0.3) is 0 Å². The Hall–Kier alpha value is -1.24. The number of rotatable bonds is 4. The Kier molecular flexibility index (Phi) is 2.92. The maximum absolute atomic E-state index is 4.60. The van der Waals surface area contributed by atoms with Gasteiger partial charge in [-0.15, -0.1) is 22.7 Å². The van der Waals surface area contributed by atoms with Crippen molar-refractivity contribution in [2.24, 2.45) is 0 Å². The third-order valence-corrected chi connectivity index (χ3v) is 4.36. The Labute approximate surface area is 107 Å². The minimum Gasteiger partial charge on any atom is -0.312 e. The third-order valence-electron chi connectivity index (χ3n) is 2.70. The van der Waals surface area contributed by atoms with Gasteiger partial charge in [0.2, 0.25) is 0 Å². The highest BCUT2D eigenvalue weighted by Crippen LogP contribution is 2.22. The average Bonchev–Trinajstić information content (AvgIpc) is 3.01. The van der Waals surface area contributed by atoms with Crippen LogP contribution >= 0.6 is 22.7 Å². The maximum atomic E-state index is 4.60. The molecule has 3 heterocycles. The standard InChI is InChI=1S/C11H12N4S2/c1-12-9(10-5-13-7-17-10)4-8-6-15-2-3-16-11(15)14-8/h2-3,5-7,9,12H,4H2,1H3. The smallest absolute Gasteiger partial charge is 0.193 e. The lowest BCUT2D eigenvalue weighted by atomic mass is 10.1. The largest absolute Gasteiger partial charge is 0.312 e. The molecule has 0 saturated carbocycles. The molecule has 0 aliphatic heterocycles. The molecule has 0 fully saturated rings. The first-order chi connectivity index (χ1) is 8.36. The molecule has 4 nitrogen and oxygen atoms in total. The Bertz CT molecular complexity index is 567. The van der Waals surface area contributed by atoms with E-state index in [2.05, 4.69) is 25.9 Å². The fourth-order valence-corrected chi connectivity index (χ4v) is 3.28. The van der Waals surface area contributed by atoms with E-state index in [1.54, 1.807) is 22.7 Å². The lowest BCUT2D eigenvalue weighted by molar-refractivity contribution is 0.595. The Morgan fingerprint density at radius 2 is 2.41 bits per heavy atom. The summed E-state index contributed by atoms with van der Waals surface area (Å²) in [5.41, 5.74) is 2.98. The van der Waals surface area contributed by atoms with E-state index >= 15 is 0 Å². The molecular weight excluding hydrogens is 252 g/mol. The summed E-state index contributed by atoms with van der Waals surface area (Å²) in [7, 11) is 1.98. The summed E-state index contributed by atoms with van der Waals surface area (Å²) < 4.78 is 2.07. The first-order valence-corrected chi connectivity index (χ1v) is 7.09. The molecular formula is C11H12N4S2. The van der Waals surface area contributed by atoms with Crippen LogP contribution < -0.4 is 5.32 Å². The number of fused-ring (bicyclic) bond motifs is 1. The topological polar surface area (TPSA) is 42.2 Å². The molecule has 1 atom stereocenters. The van der Waals surface area contributed by atoms with Gasteiger partial charge in [0.05, 0.1) is 11.2 Å². The quantitative estimate of drug-likeness (QED) is 0.786. The molecule has 3 aromatic rings. The lowest BCUT2D eigenvalue weighted by Gasteiger charge is -2.11. The molecule has 1 unspecified atom stereocenters. The van der Waals surface area contributed by atoms with Crippen molar-refractivity contribution in [3.63, 3.8) is 0 Å². The summed E-state index contributed by atoms with van der Waals surface area (Å²) in [5, 5.41) is 5.36. The van der Waals surface area contributed by atoms with Crippen LogP contribution in [0.1, 0.15) is 16.6 Å². The number of hydrogen-bond donors (Lipinski definition) is 1. The molecule has 0 aliphatic rings. The molecule has 0 spiro atoms. The van der Waals surface area contributed by atoms with E-state index in [0.29, 0.717) is 6.04 Å². The first-order valence-electron chi connectivity index (χ1n) is 5.33. The molecule has 0 amide bonds. The highest BCUT2D eigenvalue weighted by Gasteiger charge is 2.14. The molecule has 3 aromatic heterocycles. The number of nitrogens with zero attached hydrogens (tertiary/aromatic N) is 3. The molecule has 3 rings (SSSR count). The van der Waals surface area contributed by atoms with Crippen LogP contribution in [0.25, 0.3) is 4.96 Å². The van der Waals surface area contributed by atoms with Gasteiger partial charge < -0.3 is 5.32 Å². The van der Waals surface area contributed by atoms with Crippen molar-refractivity contribution >= 4 is 27.6 Å². The van der Waals surface area contributed by atoms with E-state index in [9.17, 15) is 0 Å². The third kappa shape index (κ3) is 2.11. The summed E-state index contributed by atoms with van der Waals surface area (Å²) in [6, 6.07) is 0.298. The van der Waals surface area contributed by atoms with Crippen LogP contribution in [0.4, 0.5) is 0 Å². The summed E-state index contributed by atoms with van der Waals surface area (Å²) >= 11 is 3.34. The SMILES string of the molecule is CNC(Cc1cn2ccsc2n1)c1cncs1. The second-order valence-electron chi connectivity index (χ2n) is 3.77. The van der Waals surface area contributed by atoms with Crippen molar-refractivity contribution in [1.29, 1.82) is 0 Å². The van der Waals surface area contributed by atoms with Crippen molar-refractivity contribution in [2.45, 2.75) is 12.5 Å². The van der Waals surface area contributed by atoms with Gasteiger partial charge in [0, 0.05) is 41.3 Å². The fourth-order valence-electron chi connectivity index (χ4n) is 1.83. The molecule has 0 aromatic carbocycles. The van der Waals surface area contributed by atoms with E-state index in [4.69, 9.17) is 0 Å². The van der Waals surface area contributed by atoms with Crippen molar-refractivity contribution in [2.75, 3.05) is 7.05 Å². The molecule has 0 aliphatic carbocycles. The van der Waals surface area contributed by atoms with Gasteiger partial charge in [0.1, 0.15) is 0 Å². The summed E-state index contributed by atoms with van der Waals surface area (Å²) in [6.45, 7) is 0. The summed E-state index contributed by atoms with van der Waals surface area (Å²) in [4.78, 5) is 11.0. The monoisotopic (exact) mass is 264 g/mol. The molecule has 1 N–H and O–H groups in total. The molecule has 0 radical (unpaired) electrons. The van der Waals surface area contributed by atoms with Gasteiger partial charge in [0.15, 0.2) is 4.96 Å². The Morgan fingerprint density at radius 1 is 1.47 bits per heavy atom. The number of imidazole rings is 1. The average molecular weight is 264 g/mol. The van der Waals surface area contributed by atoms with Crippen LogP contribution in [0, 0.1) is 0 Å². The van der Waals surface area contributed by atoms with Crippen LogP contribution in [0.15, 0.2) is 29.5 Å². The second kappa shape index (κ2) is 4.56. The van der Waals surface area contributed by atoms with E-state index in [-0.39, 0.29) is 0 Å². The first kappa shape index (κ1) is 10.9. The van der Waals surface area contributed by atoms with E-state index in [1.165, 1.54) is 4.88 Å². The second-order valence-corrected chi connectivity index (χ2v) is 5.57. The Morgan fingerprint density at radius 3 is 3.12 bits per heavy atom. The van der Waals surface area contributed by atoms with Gasteiger partial charge >= 0.3 is 0 Å². The molecule has 17 heavy (non-hydrogen) atoms. The lowest BCUT2D eigenvalue weighted by Crippen LogP contribution is -2.17. The highest BCUT2D eigenvalue weighted by atomic mass is 32.1. The number of aromatic nitrogens is 3. The van der Waals surface area contributed by atoms with Crippen molar-refractivity contribution in [3.8, 4) is 0 Å². The van der Waals surface area contributed by atoms with Crippen molar-refractivity contribution in [1.82, 2.24) is 19.7 Å². The summed E-state index contributed by atoms with van der Waals surface area (Å²) in [6.07, 6.45) is 6.95. The Balaban J connectivity index is 1.83. The van der Waals surface area contributed by atoms with Gasteiger partial charge in [-0.1, -0.05) is 0 Å².